The van der Waals surface area contributed by atoms with Crippen LogP contribution in [0.2, 0.25) is 0 Å². The second kappa shape index (κ2) is 4.68. The molecule has 15 heavy (non-hydrogen) atoms. The maximum atomic E-state index is 13.2. The first kappa shape index (κ1) is 11.4. The number of benzene rings is 1. The Kier molecular flexibility index (Phi) is 3.55. The molecule has 4 heteroatoms. The fraction of sp³-hybridized carbons (Fsp3) is 0.273. The Balaban J connectivity index is 2.88. The molecule has 0 bridgehead atoms. The highest BCUT2D eigenvalue weighted by molar-refractivity contribution is 5.97. The Hall–Kier alpha value is -1.71. The maximum absolute atomic E-state index is 13.2. The van der Waals surface area contributed by atoms with Gasteiger partial charge in [-0.1, -0.05) is 18.2 Å². The van der Waals surface area contributed by atoms with Crippen LogP contribution in [0.4, 0.5) is 4.39 Å². The third kappa shape index (κ3) is 2.87. The summed E-state index contributed by atoms with van der Waals surface area (Å²) >= 11 is 0. The van der Waals surface area contributed by atoms with Gasteiger partial charge in [0.05, 0.1) is 0 Å². The highest BCUT2D eigenvalue weighted by Gasteiger charge is 2.23. The van der Waals surface area contributed by atoms with Crippen molar-refractivity contribution in [3.8, 4) is 0 Å². The number of hydrogen-bond donors (Lipinski definition) is 1. The number of carbonyl (C=O) groups excluding carboxylic acids is 1. The summed E-state index contributed by atoms with van der Waals surface area (Å²) in [6, 6.07) is 5.85. The van der Waals surface area contributed by atoms with E-state index < -0.39 is 23.5 Å². The van der Waals surface area contributed by atoms with Crippen LogP contribution in [-0.2, 0) is 16.0 Å². The molecule has 0 aliphatic carbocycles. The first-order valence-corrected chi connectivity index (χ1v) is 4.49. The lowest BCUT2D eigenvalue weighted by Gasteiger charge is -2.08. The SMILES string of the molecule is CC(=O)C(Cc1ccccc1F)C(=O)O. The smallest absolute Gasteiger partial charge is 0.314 e. The Morgan fingerprint density at radius 1 is 1.40 bits per heavy atom. The van der Waals surface area contributed by atoms with Crippen molar-refractivity contribution < 1.29 is 19.1 Å². The molecule has 0 aromatic heterocycles. The molecule has 0 aliphatic heterocycles. The number of carboxylic acids is 1. The average molecular weight is 210 g/mol. The monoisotopic (exact) mass is 210 g/mol. The first-order chi connectivity index (χ1) is 7.02. The number of rotatable bonds is 4. The number of carboxylic acid groups (broad SMARTS) is 1. The van der Waals surface area contributed by atoms with E-state index in [1.807, 2.05) is 0 Å². The molecule has 1 rings (SSSR count). The molecule has 0 radical (unpaired) electrons. The molecule has 3 nitrogen and oxygen atoms in total. The van der Waals surface area contributed by atoms with Crippen LogP contribution in [0.15, 0.2) is 24.3 Å². The molecule has 1 aromatic carbocycles. The van der Waals surface area contributed by atoms with E-state index in [4.69, 9.17) is 5.11 Å². The lowest BCUT2D eigenvalue weighted by molar-refractivity contribution is -0.145. The summed E-state index contributed by atoms with van der Waals surface area (Å²) in [5, 5.41) is 8.75. The van der Waals surface area contributed by atoms with Crippen molar-refractivity contribution >= 4 is 11.8 Å². The number of carbonyl (C=O) groups is 2. The second-order valence-corrected chi connectivity index (χ2v) is 3.30. The van der Waals surface area contributed by atoms with Crippen molar-refractivity contribution in [3.63, 3.8) is 0 Å². The van der Waals surface area contributed by atoms with Gasteiger partial charge in [-0.05, 0) is 25.0 Å². The number of aliphatic carboxylic acids is 1. The molecule has 0 heterocycles. The lowest BCUT2D eigenvalue weighted by Crippen LogP contribution is -2.24. The number of hydrogen-bond acceptors (Lipinski definition) is 2. The van der Waals surface area contributed by atoms with Crippen molar-refractivity contribution in [1.29, 1.82) is 0 Å². The molecule has 0 saturated carbocycles. The van der Waals surface area contributed by atoms with Crippen molar-refractivity contribution in [1.82, 2.24) is 0 Å². The van der Waals surface area contributed by atoms with Crippen LogP contribution in [-0.4, -0.2) is 16.9 Å². The minimum Gasteiger partial charge on any atom is -0.481 e. The summed E-state index contributed by atoms with van der Waals surface area (Å²) in [6.07, 6.45) is -0.0999. The third-order valence-corrected chi connectivity index (χ3v) is 2.17. The van der Waals surface area contributed by atoms with Crippen LogP contribution >= 0.6 is 0 Å². The van der Waals surface area contributed by atoms with Crippen LogP contribution in [0.25, 0.3) is 0 Å². The van der Waals surface area contributed by atoms with Gasteiger partial charge in [0.1, 0.15) is 17.5 Å². The molecular formula is C11H11FO3. The summed E-state index contributed by atoms with van der Waals surface area (Å²) in [6.45, 7) is 1.19. The molecule has 1 atom stereocenters. The first-order valence-electron chi connectivity index (χ1n) is 4.49. The summed E-state index contributed by atoms with van der Waals surface area (Å²) in [7, 11) is 0. The zero-order valence-corrected chi connectivity index (χ0v) is 8.24. The van der Waals surface area contributed by atoms with Gasteiger partial charge in [0.15, 0.2) is 0 Å². The van der Waals surface area contributed by atoms with Crippen LogP contribution in [0.5, 0.6) is 0 Å². The van der Waals surface area contributed by atoms with E-state index in [1.54, 1.807) is 6.07 Å². The van der Waals surface area contributed by atoms with Gasteiger partial charge in [-0.25, -0.2) is 4.39 Å². The van der Waals surface area contributed by atoms with Crippen LogP contribution < -0.4 is 0 Å². The summed E-state index contributed by atoms with van der Waals surface area (Å²) in [4.78, 5) is 21.7. The lowest BCUT2D eigenvalue weighted by atomic mass is 9.96. The van der Waals surface area contributed by atoms with E-state index in [0.29, 0.717) is 0 Å². The van der Waals surface area contributed by atoms with E-state index in [0.717, 1.165) is 0 Å². The molecule has 1 N–H and O–H groups in total. The minimum atomic E-state index is -1.22. The molecule has 80 valence electrons. The molecule has 1 unspecified atom stereocenters. The molecular weight excluding hydrogens is 199 g/mol. The van der Waals surface area contributed by atoms with Gasteiger partial charge in [-0.3, -0.25) is 9.59 Å². The van der Waals surface area contributed by atoms with E-state index >= 15 is 0 Å². The molecule has 0 spiro atoms. The van der Waals surface area contributed by atoms with Crippen molar-refractivity contribution in [2.45, 2.75) is 13.3 Å². The predicted molar refractivity (Wildman–Crippen MR) is 51.9 cm³/mol. The van der Waals surface area contributed by atoms with Crippen LogP contribution in [0.1, 0.15) is 12.5 Å². The van der Waals surface area contributed by atoms with E-state index in [-0.39, 0.29) is 12.0 Å². The van der Waals surface area contributed by atoms with Gasteiger partial charge in [-0.2, -0.15) is 0 Å². The van der Waals surface area contributed by atoms with Gasteiger partial charge in [0.2, 0.25) is 0 Å². The van der Waals surface area contributed by atoms with E-state index in [2.05, 4.69) is 0 Å². The van der Waals surface area contributed by atoms with Gasteiger partial charge in [0, 0.05) is 0 Å². The second-order valence-electron chi connectivity index (χ2n) is 3.30. The van der Waals surface area contributed by atoms with Crippen LogP contribution in [0.3, 0.4) is 0 Å². The highest BCUT2D eigenvalue weighted by atomic mass is 19.1. The topological polar surface area (TPSA) is 54.4 Å². The van der Waals surface area contributed by atoms with Crippen molar-refractivity contribution in [2.75, 3.05) is 0 Å². The zero-order chi connectivity index (χ0) is 11.4. The molecule has 0 fully saturated rings. The normalized spacial score (nSPS) is 12.1. The minimum absolute atomic E-state index is 0.0999. The predicted octanol–water partition coefficient (Wildman–Crippen LogP) is 1.66. The number of Topliss-reactive ketones (excluding diaryl/α,β-unsaturated/α-hetero) is 1. The fourth-order valence-corrected chi connectivity index (χ4v) is 1.29. The van der Waals surface area contributed by atoms with Crippen molar-refractivity contribution in [2.24, 2.45) is 5.92 Å². The van der Waals surface area contributed by atoms with E-state index in [1.165, 1.54) is 25.1 Å². The van der Waals surface area contributed by atoms with Gasteiger partial charge in [-0.15, -0.1) is 0 Å². The summed E-state index contributed by atoms with van der Waals surface area (Å²) in [5.41, 5.74) is 0.250. The summed E-state index contributed by atoms with van der Waals surface area (Å²) < 4.78 is 13.2. The largest absolute Gasteiger partial charge is 0.481 e. The van der Waals surface area contributed by atoms with Crippen molar-refractivity contribution in [3.05, 3.63) is 35.6 Å². The molecule has 0 aliphatic rings. The Labute approximate surface area is 86.5 Å². The number of halogens is 1. The standard InChI is InChI=1S/C11H11FO3/c1-7(13)9(11(14)15)6-8-4-2-3-5-10(8)12/h2-5,9H,6H2,1H3,(H,14,15). The third-order valence-electron chi connectivity index (χ3n) is 2.17. The molecule has 0 saturated heterocycles. The summed E-state index contributed by atoms with van der Waals surface area (Å²) in [5.74, 6) is -3.33. The molecule has 0 amide bonds. The quantitative estimate of drug-likeness (QED) is 0.769. The van der Waals surface area contributed by atoms with Gasteiger partial charge in [0.25, 0.3) is 0 Å². The Morgan fingerprint density at radius 2 is 2.00 bits per heavy atom. The van der Waals surface area contributed by atoms with Gasteiger partial charge < -0.3 is 5.11 Å². The van der Waals surface area contributed by atoms with Crippen LogP contribution in [0, 0.1) is 11.7 Å². The average Bonchev–Trinajstić information content (AvgIpc) is 2.15. The fourth-order valence-electron chi connectivity index (χ4n) is 1.29. The number of ketones is 1. The van der Waals surface area contributed by atoms with Gasteiger partial charge >= 0.3 is 5.97 Å². The van der Waals surface area contributed by atoms with E-state index in [9.17, 15) is 14.0 Å². The Morgan fingerprint density at radius 3 is 2.47 bits per heavy atom. The molecule has 1 aromatic rings. The maximum Gasteiger partial charge on any atom is 0.314 e. The highest BCUT2D eigenvalue weighted by Crippen LogP contribution is 2.13. The zero-order valence-electron chi connectivity index (χ0n) is 8.24. The Bertz CT molecular complexity index is 373.